The van der Waals surface area contributed by atoms with Crippen LogP contribution in [0.5, 0.6) is 0 Å². The van der Waals surface area contributed by atoms with Crippen LogP contribution in [0.4, 0.5) is 0 Å². The number of aromatic nitrogens is 2. The van der Waals surface area contributed by atoms with E-state index >= 15 is 0 Å². The molecule has 1 aromatic carbocycles. The maximum absolute atomic E-state index is 13.5. The highest BCUT2D eigenvalue weighted by atomic mass is 32.2. The molecule has 8 heteroatoms. The maximum atomic E-state index is 13.5. The smallest absolute Gasteiger partial charge is 0.254 e. The zero-order valence-corrected chi connectivity index (χ0v) is 22.7. The molecular weight excluding hydrogens is 472 g/mol. The number of carbonyl (C=O) groups is 1. The van der Waals surface area contributed by atoms with Crippen LogP contribution < -0.4 is 10.9 Å². The molecule has 2 N–H and O–H groups in total. The molecular formula is C28H38N4O3S. The number of aromatic amines is 1. The van der Waals surface area contributed by atoms with Crippen LogP contribution in [0.15, 0.2) is 35.1 Å². The van der Waals surface area contributed by atoms with Crippen molar-refractivity contribution in [1.82, 2.24) is 19.2 Å². The molecule has 4 rings (SSSR count). The molecule has 0 saturated carbocycles. The Bertz CT molecular complexity index is 1320. The second kappa shape index (κ2) is 11.6. The molecule has 2 aromatic heterocycles. The van der Waals surface area contributed by atoms with Crippen molar-refractivity contribution < 1.29 is 9.00 Å². The summed E-state index contributed by atoms with van der Waals surface area (Å²) in [6.07, 6.45) is 3.73. The minimum atomic E-state index is -0.879. The first-order chi connectivity index (χ1) is 17.3. The van der Waals surface area contributed by atoms with Gasteiger partial charge in [-0.2, -0.15) is 0 Å². The number of pyridine rings is 1. The zero-order chi connectivity index (χ0) is 25.8. The Morgan fingerprint density at radius 1 is 1.17 bits per heavy atom. The lowest BCUT2D eigenvalue weighted by atomic mass is 9.98. The first-order valence-electron chi connectivity index (χ1n) is 13.0. The Morgan fingerprint density at radius 3 is 2.58 bits per heavy atom. The molecule has 1 saturated heterocycles. The highest BCUT2D eigenvalue weighted by Gasteiger charge is 2.26. The van der Waals surface area contributed by atoms with E-state index in [9.17, 15) is 13.8 Å². The molecule has 0 spiro atoms. The molecule has 1 unspecified atom stereocenters. The van der Waals surface area contributed by atoms with Gasteiger partial charge in [-0.1, -0.05) is 38.5 Å². The van der Waals surface area contributed by atoms with E-state index in [-0.39, 0.29) is 18.0 Å². The third-order valence-electron chi connectivity index (χ3n) is 7.32. The monoisotopic (exact) mass is 510 g/mol. The summed E-state index contributed by atoms with van der Waals surface area (Å²) in [7, 11) is -0.879. The summed E-state index contributed by atoms with van der Waals surface area (Å²) in [5.41, 5.74) is 5.01. The molecule has 1 atom stereocenters. The van der Waals surface area contributed by atoms with Gasteiger partial charge in [0, 0.05) is 59.8 Å². The van der Waals surface area contributed by atoms with Gasteiger partial charge in [-0.3, -0.25) is 9.59 Å². The first-order valence-corrected chi connectivity index (χ1v) is 14.3. The molecule has 7 nitrogen and oxygen atoms in total. The summed E-state index contributed by atoms with van der Waals surface area (Å²) in [6, 6.07) is 10.1. The standard InChI is InChI=1S/C28H38N4O3S/c1-5-9-22-16-19(3)30-27(33)24(22)17-29-28(34)26-20(4)32(25-11-8-7-10-23(25)26)18-21-12-14-31(15-13-21)36(35)6-2/h7-8,10-11,16,21H,5-6,9,12-15,17-18H2,1-4H3,(H,29,34)(H,30,33). The number of piperidine rings is 1. The molecule has 36 heavy (non-hydrogen) atoms. The average Bonchev–Trinajstić information content (AvgIpc) is 3.14. The van der Waals surface area contributed by atoms with Gasteiger partial charge in [0.15, 0.2) is 0 Å². The number of nitrogens with one attached hydrogen (secondary N) is 2. The Morgan fingerprint density at radius 2 is 1.89 bits per heavy atom. The third-order valence-corrected chi connectivity index (χ3v) is 8.75. The van der Waals surface area contributed by atoms with Crippen molar-refractivity contribution >= 4 is 27.8 Å². The summed E-state index contributed by atoms with van der Waals surface area (Å²) in [5.74, 6) is 0.986. The number of benzene rings is 1. The molecule has 1 aliphatic heterocycles. The van der Waals surface area contributed by atoms with Gasteiger partial charge in [0.05, 0.1) is 16.5 Å². The minimum absolute atomic E-state index is 0.131. The molecule has 1 amide bonds. The predicted molar refractivity (Wildman–Crippen MR) is 147 cm³/mol. The number of rotatable bonds is 9. The molecule has 3 heterocycles. The Hall–Kier alpha value is -2.71. The lowest BCUT2D eigenvalue weighted by Gasteiger charge is -2.31. The molecule has 0 radical (unpaired) electrons. The highest BCUT2D eigenvalue weighted by molar-refractivity contribution is 7.82. The average molecular weight is 511 g/mol. The fourth-order valence-electron chi connectivity index (χ4n) is 5.42. The number of carbonyl (C=O) groups excluding carboxylic acids is 1. The zero-order valence-electron chi connectivity index (χ0n) is 21.9. The van der Waals surface area contributed by atoms with Crippen molar-refractivity contribution in [1.29, 1.82) is 0 Å². The van der Waals surface area contributed by atoms with Gasteiger partial charge in [0.2, 0.25) is 0 Å². The van der Waals surface area contributed by atoms with Crippen LogP contribution in [0.2, 0.25) is 0 Å². The summed E-state index contributed by atoms with van der Waals surface area (Å²) >= 11 is 0. The van der Waals surface area contributed by atoms with Crippen molar-refractivity contribution in [2.24, 2.45) is 5.92 Å². The summed E-state index contributed by atoms with van der Waals surface area (Å²) in [6.45, 7) is 10.7. The van der Waals surface area contributed by atoms with Crippen molar-refractivity contribution in [3.8, 4) is 0 Å². The molecule has 0 bridgehead atoms. The van der Waals surface area contributed by atoms with Gasteiger partial charge >= 0.3 is 0 Å². The van der Waals surface area contributed by atoms with Crippen LogP contribution in [-0.4, -0.2) is 42.8 Å². The fourth-order valence-corrected chi connectivity index (χ4v) is 6.40. The number of para-hydroxylation sites is 1. The number of nitrogens with zero attached hydrogens (tertiary/aromatic N) is 2. The van der Waals surface area contributed by atoms with E-state index in [1.165, 1.54) is 0 Å². The van der Waals surface area contributed by atoms with Gasteiger partial charge in [-0.05, 0) is 56.7 Å². The number of fused-ring (bicyclic) bond motifs is 1. The summed E-state index contributed by atoms with van der Waals surface area (Å²) in [4.78, 5) is 29.0. The molecule has 0 aliphatic carbocycles. The quantitative estimate of drug-likeness (QED) is 0.452. The molecule has 1 fully saturated rings. The minimum Gasteiger partial charge on any atom is -0.348 e. The Labute approximate surface area is 215 Å². The number of H-pyrrole nitrogens is 1. The lowest BCUT2D eigenvalue weighted by Crippen LogP contribution is -2.37. The van der Waals surface area contributed by atoms with Crippen LogP contribution in [0.3, 0.4) is 0 Å². The van der Waals surface area contributed by atoms with Crippen LogP contribution in [-0.2, 0) is 30.5 Å². The fraction of sp³-hybridized carbons (Fsp3) is 0.500. The lowest BCUT2D eigenvalue weighted by molar-refractivity contribution is 0.0951. The normalized spacial score (nSPS) is 15.9. The molecule has 194 valence electrons. The maximum Gasteiger partial charge on any atom is 0.254 e. The topological polar surface area (TPSA) is 87.2 Å². The predicted octanol–water partition coefficient (Wildman–Crippen LogP) is 4.22. The van der Waals surface area contributed by atoms with E-state index in [1.807, 2.05) is 45.0 Å². The van der Waals surface area contributed by atoms with Gasteiger partial charge in [0.1, 0.15) is 0 Å². The Balaban J connectivity index is 1.56. The van der Waals surface area contributed by atoms with Gasteiger partial charge in [0.25, 0.3) is 11.5 Å². The highest BCUT2D eigenvalue weighted by Crippen LogP contribution is 2.29. The number of aryl methyl sites for hydroxylation is 2. The van der Waals surface area contributed by atoms with Crippen LogP contribution in [0.25, 0.3) is 10.9 Å². The van der Waals surface area contributed by atoms with E-state index in [0.29, 0.717) is 22.8 Å². The van der Waals surface area contributed by atoms with E-state index < -0.39 is 11.0 Å². The van der Waals surface area contributed by atoms with E-state index in [0.717, 1.165) is 73.2 Å². The van der Waals surface area contributed by atoms with Gasteiger partial charge < -0.3 is 14.9 Å². The molecule has 1 aliphatic rings. The van der Waals surface area contributed by atoms with E-state index in [2.05, 4.69) is 32.2 Å². The van der Waals surface area contributed by atoms with Crippen molar-refractivity contribution in [3.63, 3.8) is 0 Å². The van der Waals surface area contributed by atoms with Gasteiger partial charge in [-0.15, -0.1) is 0 Å². The Kier molecular flexibility index (Phi) is 8.46. The van der Waals surface area contributed by atoms with Crippen LogP contribution >= 0.6 is 0 Å². The number of hydrogen-bond donors (Lipinski definition) is 2. The summed E-state index contributed by atoms with van der Waals surface area (Å²) < 4.78 is 16.5. The second-order valence-corrected chi connectivity index (χ2v) is 11.5. The SMILES string of the molecule is CCCc1cc(C)[nH]c(=O)c1CNC(=O)c1c(C)n(CC2CCN(S(=O)CC)CC2)c2ccccc12. The van der Waals surface area contributed by atoms with Crippen molar-refractivity contribution in [2.75, 3.05) is 18.8 Å². The first kappa shape index (κ1) is 26.4. The second-order valence-electron chi connectivity index (χ2n) is 9.79. The summed E-state index contributed by atoms with van der Waals surface area (Å²) in [5, 5.41) is 3.97. The van der Waals surface area contributed by atoms with Crippen LogP contribution in [0.1, 0.15) is 66.0 Å². The van der Waals surface area contributed by atoms with Gasteiger partial charge in [-0.25, -0.2) is 8.51 Å². The largest absolute Gasteiger partial charge is 0.348 e. The van der Waals surface area contributed by atoms with E-state index in [4.69, 9.17) is 0 Å². The molecule has 3 aromatic rings. The van der Waals surface area contributed by atoms with E-state index in [1.54, 1.807) is 0 Å². The van der Waals surface area contributed by atoms with Crippen molar-refractivity contribution in [2.45, 2.75) is 66.5 Å². The number of hydrogen-bond acceptors (Lipinski definition) is 3. The number of amides is 1. The van der Waals surface area contributed by atoms with Crippen LogP contribution in [0, 0.1) is 19.8 Å². The third kappa shape index (κ3) is 5.49. The van der Waals surface area contributed by atoms with Crippen molar-refractivity contribution in [3.05, 3.63) is 68.8 Å².